The van der Waals surface area contributed by atoms with Crippen molar-refractivity contribution in [1.82, 2.24) is 0 Å². The molecule has 1 atom stereocenters. The third-order valence-corrected chi connectivity index (χ3v) is 2.92. The van der Waals surface area contributed by atoms with Crippen LogP contribution < -0.4 is 0 Å². The van der Waals surface area contributed by atoms with Gasteiger partial charge in [0.1, 0.15) is 0 Å². The van der Waals surface area contributed by atoms with Gasteiger partial charge in [0, 0.05) is 0 Å². The van der Waals surface area contributed by atoms with E-state index < -0.39 is 0 Å². The highest BCUT2D eigenvalue weighted by molar-refractivity contribution is 5.29. The molecule has 1 rings (SSSR count). The lowest BCUT2D eigenvalue weighted by molar-refractivity contribution is 0.164. The maximum atomic E-state index is 10.2. The zero-order valence-electron chi connectivity index (χ0n) is 10.4. The fourth-order valence-corrected chi connectivity index (χ4v) is 1.96. The first-order valence-corrected chi connectivity index (χ1v) is 6.27. The number of hydrogen-bond acceptors (Lipinski definition) is 1. The van der Waals surface area contributed by atoms with Crippen LogP contribution in [0.15, 0.2) is 49.6 Å². The lowest BCUT2D eigenvalue weighted by Gasteiger charge is -2.15. The Labute approximate surface area is 104 Å². The molecule has 0 aliphatic carbocycles. The summed E-state index contributed by atoms with van der Waals surface area (Å²) in [5.74, 6) is 0. The SMILES string of the molecule is C=CCCCC(O)c1ccccc1CCC=C. The van der Waals surface area contributed by atoms with Gasteiger partial charge in [-0.25, -0.2) is 0 Å². The van der Waals surface area contributed by atoms with E-state index in [0.29, 0.717) is 0 Å². The standard InChI is InChI=1S/C16H22O/c1-3-5-7-13-16(17)15-12-9-8-11-14(15)10-6-4-2/h3-4,8-9,11-12,16-17H,1-2,5-7,10,13H2. The third-order valence-electron chi connectivity index (χ3n) is 2.92. The zero-order valence-corrected chi connectivity index (χ0v) is 10.4. The Bertz CT molecular complexity index is 354. The number of benzene rings is 1. The van der Waals surface area contributed by atoms with Crippen molar-refractivity contribution < 1.29 is 5.11 Å². The summed E-state index contributed by atoms with van der Waals surface area (Å²) in [5, 5.41) is 10.2. The Morgan fingerprint density at radius 3 is 2.53 bits per heavy atom. The van der Waals surface area contributed by atoms with Crippen LogP contribution >= 0.6 is 0 Å². The maximum absolute atomic E-state index is 10.2. The monoisotopic (exact) mass is 230 g/mol. The van der Waals surface area contributed by atoms with Crippen molar-refractivity contribution in [3.8, 4) is 0 Å². The average Bonchev–Trinajstić information content (AvgIpc) is 2.37. The molecule has 0 bridgehead atoms. The normalized spacial score (nSPS) is 12.1. The van der Waals surface area contributed by atoms with Crippen LogP contribution in [0, 0.1) is 0 Å². The molecule has 1 unspecified atom stereocenters. The second-order valence-electron chi connectivity index (χ2n) is 4.26. The summed E-state index contributed by atoms with van der Waals surface area (Å²) in [6.45, 7) is 7.43. The number of unbranched alkanes of at least 4 members (excludes halogenated alkanes) is 1. The molecule has 0 amide bonds. The summed E-state index contributed by atoms with van der Waals surface area (Å²) in [6, 6.07) is 8.13. The van der Waals surface area contributed by atoms with Crippen LogP contribution in [0.5, 0.6) is 0 Å². The topological polar surface area (TPSA) is 20.2 Å². The second-order valence-corrected chi connectivity index (χ2v) is 4.26. The van der Waals surface area contributed by atoms with Gasteiger partial charge in [-0.3, -0.25) is 0 Å². The highest BCUT2D eigenvalue weighted by Crippen LogP contribution is 2.23. The van der Waals surface area contributed by atoms with Gasteiger partial charge >= 0.3 is 0 Å². The Kier molecular flexibility index (Phi) is 6.34. The third kappa shape index (κ3) is 4.58. The van der Waals surface area contributed by atoms with Crippen LogP contribution in [0.1, 0.15) is 42.9 Å². The van der Waals surface area contributed by atoms with Crippen molar-refractivity contribution in [3.05, 3.63) is 60.7 Å². The van der Waals surface area contributed by atoms with E-state index in [9.17, 15) is 5.11 Å². The molecule has 1 aromatic carbocycles. The quantitative estimate of drug-likeness (QED) is 0.524. The van der Waals surface area contributed by atoms with Crippen LogP contribution in [0.2, 0.25) is 0 Å². The van der Waals surface area contributed by atoms with Crippen molar-refractivity contribution in [2.45, 2.75) is 38.2 Å². The first-order valence-electron chi connectivity index (χ1n) is 6.27. The van der Waals surface area contributed by atoms with Crippen molar-refractivity contribution in [2.75, 3.05) is 0 Å². The van der Waals surface area contributed by atoms with Crippen molar-refractivity contribution in [3.63, 3.8) is 0 Å². The van der Waals surface area contributed by atoms with Gasteiger partial charge in [0.2, 0.25) is 0 Å². The number of aryl methyl sites for hydroxylation is 1. The van der Waals surface area contributed by atoms with Gasteiger partial charge in [-0.15, -0.1) is 13.2 Å². The van der Waals surface area contributed by atoms with E-state index >= 15 is 0 Å². The fraction of sp³-hybridized carbons (Fsp3) is 0.375. The summed E-state index contributed by atoms with van der Waals surface area (Å²) in [4.78, 5) is 0. The lowest BCUT2D eigenvalue weighted by Crippen LogP contribution is -2.02. The van der Waals surface area contributed by atoms with E-state index in [2.05, 4.69) is 19.2 Å². The second kappa shape index (κ2) is 7.86. The predicted molar refractivity (Wildman–Crippen MR) is 74.0 cm³/mol. The molecule has 1 N–H and O–H groups in total. The summed E-state index contributed by atoms with van der Waals surface area (Å²) >= 11 is 0. The van der Waals surface area contributed by atoms with E-state index in [1.165, 1.54) is 5.56 Å². The summed E-state index contributed by atoms with van der Waals surface area (Å²) in [5.41, 5.74) is 2.30. The molecule has 1 aromatic rings. The molecule has 92 valence electrons. The van der Waals surface area contributed by atoms with Crippen LogP contribution in [0.3, 0.4) is 0 Å². The molecule has 1 heteroatoms. The van der Waals surface area contributed by atoms with Crippen LogP contribution in [-0.4, -0.2) is 5.11 Å². The predicted octanol–water partition coefficient (Wildman–Crippen LogP) is 4.19. The number of aliphatic hydroxyl groups excluding tert-OH is 1. The van der Waals surface area contributed by atoms with Crippen molar-refractivity contribution in [2.24, 2.45) is 0 Å². The molecular formula is C16H22O. The molecule has 0 fully saturated rings. The van der Waals surface area contributed by atoms with Crippen molar-refractivity contribution >= 4 is 0 Å². The van der Waals surface area contributed by atoms with Gasteiger partial charge in [-0.2, -0.15) is 0 Å². The highest BCUT2D eigenvalue weighted by atomic mass is 16.3. The van der Waals surface area contributed by atoms with Gasteiger partial charge in [-0.1, -0.05) is 36.4 Å². The number of aliphatic hydroxyl groups is 1. The highest BCUT2D eigenvalue weighted by Gasteiger charge is 2.10. The molecule has 1 nitrogen and oxygen atoms in total. The van der Waals surface area contributed by atoms with Gasteiger partial charge in [-0.05, 0) is 43.2 Å². The van der Waals surface area contributed by atoms with Crippen LogP contribution in [-0.2, 0) is 6.42 Å². The number of rotatable bonds is 8. The maximum Gasteiger partial charge on any atom is 0.0792 e. The first-order chi connectivity index (χ1) is 8.29. The number of hydrogen-bond donors (Lipinski definition) is 1. The molecule has 0 spiro atoms. The molecule has 0 aliphatic rings. The molecule has 0 aliphatic heterocycles. The smallest absolute Gasteiger partial charge is 0.0792 e. The average molecular weight is 230 g/mol. The number of allylic oxidation sites excluding steroid dienone is 2. The first kappa shape index (κ1) is 13.7. The van der Waals surface area contributed by atoms with E-state index in [1.54, 1.807) is 0 Å². The minimum atomic E-state index is -0.351. The van der Waals surface area contributed by atoms with E-state index in [0.717, 1.165) is 37.7 Å². The van der Waals surface area contributed by atoms with Gasteiger partial charge in [0.05, 0.1) is 6.10 Å². The molecule has 0 heterocycles. The lowest BCUT2D eigenvalue weighted by atomic mass is 9.96. The molecular weight excluding hydrogens is 208 g/mol. The van der Waals surface area contributed by atoms with Gasteiger partial charge in [0.15, 0.2) is 0 Å². The summed E-state index contributed by atoms with van der Waals surface area (Å²) in [7, 11) is 0. The van der Waals surface area contributed by atoms with E-state index in [-0.39, 0.29) is 6.10 Å². The zero-order chi connectivity index (χ0) is 12.5. The summed E-state index contributed by atoms with van der Waals surface area (Å²) in [6.07, 6.45) is 8.13. The van der Waals surface area contributed by atoms with Gasteiger partial charge in [0.25, 0.3) is 0 Å². The largest absolute Gasteiger partial charge is 0.388 e. The van der Waals surface area contributed by atoms with E-state index in [4.69, 9.17) is 0 Å². The van der Waals surface area contributed by atoms with E-state index in [1.807, 2.05) is 30.4 Å². The Hall–Kier alpha value is -1.34. The molecule has 0 saturated carbocycles. The fourth-order valence-electron chi connectivity index (χ4n) is 1.96. The summed E-state index contributed by atoms with van der Waals surface area (Å²) < 4.78 is 0. The Morgan fingerprint density at radius 2 is 1.82 bits per heavy atom. The van der Waals surface area contributed by atoms with Crippen LogP contribution in [0.4, 0.5) is 0 Å². The van der Waals surface area contributed by atoms with Gasteiger partial charge < -0.3 is 5.11 Å². The molecule has 0 aromatic heterocycles. The van der Waals surface area contributed by atoms with Crippen LogP contribution in [0.25, 0.3) is 0 Å². The minimum absolute atomic E-state index is 0.351. The molecule has 0 radical (unpaired) electrons. The molecule has 0 saturated heterocycles. The Morgan fingerprint density at radius 1 is 1.12 bits per heavy atom. The van der Waals surface area contributed by atoms with Crippen molar-refractivity contribution in [1.29, 1.82) is 0 Å². The molecule has 17 heavy (non-hydrogen) atoms. The Balaban J connectivity index is 2.66. The minimum Gasteiger partial charge on any atom is -0.388 e.